The second-order valence-corrected chi connectivity index (χ2v) is 3.07. The summed E-state index contributed by atoms with van der Waals surface area (Å²) in [7, 11) is 2.78. The third-order valence-electron chi connectivity index (χ3n) is 2.02. The van der Waals surface area contributed by atoms with E-state index in [4.69, 9.17) is 4.74 Å². The fourth-order valence-corrected chi connectivity index (χ4v) is 1.14. The van der Waals surface area contributed by atoms with Gasteiger partial charge in [0.2, 0.25) is 0 Å². The van der Waals surface area contributed by atoms with Crippen molar-refractivity contribution in [1.82, 2.24) is 0 Å². The molecule has 0 spiro atoms. The van der Waals surface area contributed by atoms with E-state index in [2.05, 4.69) is 4.74 Å². The lowest BCUT2D eigenvalue weighted by Gasteiger charge is -2.01. The smallest absolute Gasteiger partial charge is 0.309 e. The Labute approximate surface area is 93.5 Å². The Morgan fingerprint density at radius 1 is 1.44 bits per heavy atom. The molecule has 0 N–H and O–H groups in total. The van der Waals surface area contributed by atoms with Gasteiger partial charge in [-0.1, -0.05) is 12.2 Å². The Morgan fingerprint density at radius 2 is 2.19 bits per heavy atom. The summed E-state index contributed by atoms with van der Waals surface area (Å²) in [6.07, 6.45) is 3.21. The van der Waals surface area contributed by atoms with E-state index < -0.39 is 0 Å². The molecule has 1 aromatic rings. The molecular weight excluding hydrogens is 211 g/mol. The second kappa shape index (κ2) is 5.90. The molecule has 0 aliphatic rings. The first-order chi connectivity index (χ1) is 7.67. The molecule has 16 heavy (non-hydrogen) atoms. The minimum absolute atomic E-state index is 0.127. The van der Waals surface area contributed by atoms with E-state index in [9.17, 15) is 9.18 Å². The van der Waals surface area contributed by atoms with Crippen LogP contribution in [0.25, 0.3) is 6.08 Å². The van der Waals surface area contributed by atoms with Crippen molar-refractivity contribution in [3.8, 4) is 5.75 Å². The maximum atomic E-state index is 13.4. The topological polar surface area (TPSA) is 35.5 Å². The third-order valence-corrected chi connectivity index (χ3v) is 2.02. The summed E-state index contributed by atoms with van der Waals surface area (Å²) in [4.78, 5) is 10.8. The van der Waals surface area contributed by atoms with Crippen LogP contribution in [0, 0.1) is 5.82 Å². The molecule has 0 atom stereocenters. The molecule has 0 aliphatic heterocycles. The Hall–Kier alpha value is -1.84. The number of rotatable bonds is 4. The molecule has 0 bridgehead atoms. The van der Waals surface area contributed by atoms with Gasteiger partial charge in [0.05, 0.1) is 20.6 Å². The van der Waals surface area contributed by atoms with E-state index in [0.29, 0.717) is 11.3 Å². The molecule has 4 heteroatoms. The minimum Gasteiger partial charge on any atom is -0.497 e. The lowest BCUT2D eigenvalue weighted by molar-refractivity contribution is -0.139. The van der Waals surface area contributed by atoms with Gasteiger partial charge >= 0.3 is 5.97 Å². The molecule has 0 aliphatic carbocycles. The van der Waals surface area contributed by atoms with E-state index in [0.717, 1.165) is 0 Å². The van der Waals surface area contributed by atoms with Crippen molar-refractivity contribution in [2.45, 2.75) is 6.42 Å². The van der Waals surface area contributed by atoms with Crippen molar-refractivity contribution < 1.29 is 18.7 Å². The highest BCUT2D eigenvalue weighted by Crippen LogP contribution is 2.17. The van der Waals surface area contributed by atoms with Crippen molar-refractivity contribution in [2.75, 3.05) is 14.2 Å². The zero-order valence-electron chi connectivity index (χ0n) is 9.20. The molecule has 0 aromatic heterocycles. The van der Waals surface area contributed by atoms with Crippen LogP contribution < -0.4 is 4.74 Å². The van der Waals surface area contributed by atoms with Crippen LogP contribution >= 0.6 is 0 Å². The summed E-state index contributed by atoms with van der Waals surface area (Å²) in [5, 5.41) is 0. The highest BCUT2D eigenvalue weighted by molar-refractivity contribution is 5.72. The Balaban J connectivity index is 2.70. The number of halogens is 1. The molecule has 1 rings (SSSR count). The maximum Gasteiger partial charge on any atom is 0.309 e. The summed E-state index contributed by atoms with van der Waals surface area (Å²) in [5.74, 6) is -0.284. The zero-order valence-corrected chi connectivity index (χ0v) is 9.20. The summed E-state index contributed by atoms with van der Waals surface area (Å²) in [6, 6.07) is 4.53. The van der Waals surface area contributed by atoms with E-state index >= 15 is 0 Å². The second-order valence-electron chi connectivity index (χ2n) is 3.07. The van der Waals surface area contributed by atoms with Crippen molar-refractivity contribution in [1.29, 1.82) is 0 Å². The summed E-state index contributed by atoms with van der Waals surface area (Å²) in [6.45, 7) is 0. The van der Waals surface area contributed by atoms with Gasteiger partial charge in [-0.2, -0.15) is 0 Å². The fourth-order valence-electron chi connectivity index (χ4n) is 1.14. The normalized spacial score (nSPS) is 10.4. The van der Waals surface area contributed by atoms with E-state index in [1.165, 1.54) is 26.4 Å². The number of hydrogen-bond acceptors (Lipinski definition) is 3. The molecule has 0 amide bonds. The van der Waals surface area contributed by atoms with Crippen molar-refractivity contribution in [2.24, 2.45) is 0 Å². The molecule has 0 saturated heterocycles. The SMILES string of the molecule is COC(=O)CC=Cc1ccc(OC)cc1F. The number of methoxy groups -OCH3 is 2. The molecule has 0 fully saturated rings. The van der Waals surface area contributed by atoms with Gasteiger partial charge in [-0.05, 0) is 12.1 Å². The molecule has 0 unspecified atom stereocenters. The molecule has 86 valence electrons. The molecule has 3 nitrogen and oxygen atoms in total. The largest absolute Gasteiger partial charge is 0.497 e. The highest BCUT2D eigenvalue weighted by atomic mass is 19.1. The van der Waals surface area contributed by atoms with Crippen LogP contribution in [-0.4, -0.2) is 20.2 Å². The van der Waals surface area contributed by atoms with Gasteiger partial charge in [-0.15, -0.1) is 0 Å². The molecular formula is C12H13FO3. The van der Waals surface area contributed by atoms with Gasteiger partial charge in [0.25, 0.3) is 0 Å². The van der Waals surface area contributed by atoms with E-state index in [1.54, 1.807) is 18.2 Å². The van der Waals surface area contributed by atoms with Gasteiger partial charge in [0.15, 0.2) is 0 Å². The van der Waals surface area contributed by atoms with Gasteiger partial charge < -0.3 is 9.47 Å². The van der Waals surface area contributed by atoms with Gasteiger partial charge in [0.1, 0.15) is 11.6 Å². The number of hydrogen-bond donors (Lipinski definition) is 0. The Bertz CT molecular complexity index is 399. The van der Waals surface area contributed by atoms with Crippen molar-refractivity contribution in [3.63, 3.8) is 0 Å². The van der Waals surface area contributed by atoms with Crippen LogP contribution in [0.1, 0.15) is 12.0 Å². The molecule has 0 heterocycles. The average Bonchev–Trinajstić information content (AvgIpc) is 2.30. The lowest BCUT2D eigenvalue weighted by Crippen LogP contribution is -1.96. The first kappa shape index (κ1) is 12.2. The molecule has 1 aromatic carbocycles. The van der Waals surface area contributed by atoms with Gasteiger partial charge in [-0.25, -0.2) is 4.39 Å². The highest BCUT2D eigenvalue weighted by Gasteiger charge is 2.01. The van der Waals surface area contributed by atoms with E-state index in [1.807, 2.05) is 0 Å². The maximum absolute atomic E-state index is 13.4. The van der Waals surface area contributed by atoms with Crippen LogP contribution in [0.3, 0.4) is 0 Å². The van der Waals surface area contributed by atoms with Crippen LogP contribution in [0.2, 0.25) is 0 Å². The number of esters is 1. The zero-order chi connectivity index (χ0) is 12.0. The van der Waals surface area contributed by atoms with Crippen LogP contribution in [0.4, 0.5) is 4.39 Å². The lowest BCUT2D eigenvalue weighted by atomic mass is 10.2. The Kier molecular flexibility index (Phi) is 4.51. The average molecular weight is 224 g/mol. The Morgan fingerprint density at radius 3 is 2.75 bits per heavy atom. The standard InChI is InChI=1S/C12H13FO3/c1-15-10-7-6-9(11(13)8-10)4-3-5-12(14)16-2/h3-4,6-8H,5H2,1-2H3. The monoisotopic (exact) mass is 224 g/mol. The van der Waals surface area contributed by atoms with Crippen molar-refractivity contribution >= 4 is 12.0 Å². The summed E-state index contributed by atoms with van der Waals surface area (Å²) in [5.41, 5.74) is 0.407. The van der Waals surface area contributed by atoms with Gasteiger partial charge in [0, 0.05) is 11.6 Å². The van der Waals surface area contributed by atoms with Crippen LogP contribution in [0.5, 0.6) is 5.75 Å². The molecule has 0 radical (unpaired) electrons. The van der Waals surface area contributed by atoms with Crippen LogP contribution in [0.15, 0.2) is 24.3 Å². The van der Waals surface area contributed by atoms with Crippen LogP contribution in [-0.2, 0) is 9.53 Å². The number of carbonyl (C=O) groups is 1. The molecule has 0 saturated carbocycles. The van der Waals surface area contributed by atoms with Gasteiger partial charge in [-0.3, -0.25) is 4.79 Å². The first-order valence-corrected chi connectivity index (χ1v) is 4.74. The number of ether oxygens (including phenoxy) is 2. The predicted octanol–water partition coefficient (Wildman–Crippen LogP) is 2.41. The number of carbonyl (C=O) groups excluding carboxylic acids is 1. The number of benzene rings is 1. The third kappa shape index (κ3) is 3.38. The van der Waals surface area contributed by atoms with Crippen molar-refractivity contribution in [3.05, 3.63) is 35.7 Å². The summed E-state index contributed by atoms with van der Waals surface area (Å²) >= 11 is 0. The summed E-state index contributed by atoms with van der Waals surface area (Å²) < 4.78 is 22.7. The van der Waals surface area contributed by atoms with E-state index in [-0.39, 0.29) is 18.2 Å². The quantitative estimate of drug-likeness (QED) is 0.737. The fraction of sp³-hybridized carbons (Fsp3) is 0.250. The minimum atomic E-state index is -0.388. The first-order valence-electron chi connectivity index (χ1n) is 4.74. The predicted molar refractivity (Wildman–Crippen MR) is 58.6 cm³/mol.